The van der Waals surface area contributed by atoms with E-state index in [-0.39, 0.29) is 5.91 Å². The van der Waals surface area contributed by atoms with Gasteiger partial charge in [-0.25, -0.2) is 0 Å². The van der Waals surface area contributed by atoms with Crippen LogP contribution in [0.1, 0.15) is 5.56 Å². The van der Waals surface area contributed by atoms with Crippen molar-refractivity contribution in [2.24, 2.45) is 0 Å². The van der Waals surface area contributed by atoms with Crippen molar-refractivity contribution in [3.63, 3.8) is 0 Å². The van der Waals surface area contributed by atoms with E-state index >= 15 is 0 Å². The lowest BCUT2D eigenvalue weighted by Gasteiger charge is -2.10. The van der Waals surface area contributed by atoms with Crippen molar-refractivity contribution in [3.8, 4) is 0 Å². The fraction of sp³-hybridized carbons (Fsp3) is 0.182. The average Bonchev–Trinajstić information content (AvgIpc) is 2.48. The van der Waals surface area contributed by atoms with Crippen LogP contribution < -0.4 is 0 Å². The monoisotopic (exact) mass is 233 g/mol. The number of pyridine rings is 1. The van der Waals surface area contributed by atoms with E-state index < -0.39 is 0 Å². The molecule has 1 fully saturated rings. The molecule has 1 aromatic rings. The van der Waals surface area contributed by atoms with Crippen LogP contribution in [0.15, 0.2) is 30.2 Å². The van der Waals surface area contributed by atoms with E-state index in [0.29, 0.717) is 10.8 Å². The smallest absolute Gasteiger partial charge is 0.276 e. The summed E-state index contributed by atoms with van der Waals surface area (Å²) in [6.07, 6.45) is 5.18. The first-order valence-corrected chi connectivity index (χ1v) is 5.19. The van der Waals surface area contributed by atoms with Gasteiger partial charge in [-0.15, -0.1) is 0 Å². The van der Waals surface area contributed by atoms with Crippen LogP contribution in [0.25, 0.3) is 6.08 Å². The summed E-state index contributed by atoms with van der Waals surface area (Å²) in [6, 6.07) is 3.72. The Kier molecular flexibility index (Phi) is 2.70. The third kappa shape index (κ3) is 1.69. The molecule has 0 saturated carbocycles. The molecule has 0 bridgehead atoms. The van der Waals surface area contributed by atoms with Gasteiger partial charge in [0.15, 0.2) is 5.11 Å². The predicted molar refractivity (Wildman–Crippen MR) is 65.3 cm³/mol. The lowest BCUT2D eigenvalue weighted by molar-refractivity contribution is -0.121. The molecule has 5 heteroatoms. The molecule has 1 aliphatic heterocycles. The summed E-state index contributed by atoms with van der Waals surface area (Å²) in [5.41, 5.74) is 1.45. The van der Waals surface area contributed by atoms with Crippen molar-refractivity contribution in [2.45, 2.75) is 0 Å². The quantitative estimate of drug-likeness (QED) is 0.538. The normalized spacial score (nSPS) is 18.8. The van der Waals surface area contributed by atoms with Crippen molar-refractivity contribution >= 4 is 29.3 Å². The second-order valence-electron chi connectivity index (χ2n) is 3.52. The summed E-state index contributed by atoms with van der Waals surface area (Å²) < 4.78 is 0. The Morgan fingerprint density at radius 3 is 2.62 bits per heavy atom. The van der Waals surface area contributed by atoms with Gasteiger partial charge in [0.1, 0.15) is 5.70 Å². The van der Waals surface area contributed by atoms with Gasteiger partial charge >= 0.3 is 0 Å². The first-order valence-electron chi connectivity index (χ1n) is 4.78. The lowest BCUT2D eigenvalue weighted by atomic mass is 10.2. The Balaban J connectivity index is 2.39. The van der Waals surface area contributed by atoms with Gasteiger partial charge in [0.05, 0.1) is 0 Å². The van der Waals surface area contributed by atoms with Crippen molar-refractivity contribution in [1.82, 2.24) is 14.8 Å². The highest BCUT2D eigenvalue weighted by molar-refractivity contribution is 7.80. The molecule has 0 unspecified atom stereocenters. The van der Waals surface area contributed by atoms with Crippen LogP contribution in [0.2, 0.25) is 0 Å². The van der Waals surface area contributed by atoms with E-state index in [0.717, 1.165) is 5.56 Å². The maximum Gasteiger partial charge on any atom is 0.276 e. The molecule has 1 amide bonds. The molecular weight excluding hydrogens is 222 g/mol. The van der Waals surface area contributed by atoms with E-state index in [1.54, 1.807) is 37.5 Å². The Morgan fingerprint density at radius 1 is 1.38 bits per heavy atom. The molecule has 16 heavy (non-hydrogen) atoms. The highest BCUT2D eigenvalue weighted by Gasteiger charge is 2.32. The van der Waals surface area contributed by atoms with Crippen molar-refractivity contribution in [1.29, 1.82) is 0 Å². The molecule has 1 aliphatic rings. The zero-order valence-electron chi connectivity index (χ0n) is 9.04. The Morgan fingerprint density at radius 2 is 2.12 bits per heavy atom. The fourth-order valence-corrected chi connectivity index (χ4v) is 1.69. The minimum atomic E-state index is -0.0867. The van der Waals surface area contributed by atoms with Crippen molar-refractivity contribution < 1.29 is 4.79 Å². The van der Waals surface area contributed by atoms with Gasteiger partial charge in [-0.1, -0.05) is 6.07 Å². The van der Waals surface area contributed by atoms with Crippen LogP contribution in [0.4, 0.5) is 0 Å². The molecule has 1 aromatic heterocycles. The average molecular weight is 233 g/mol. The SMILES string of the molecule is CN1C(=O)/C(=C\c2cccnc2)N(C)C1=S. The molecule has 1 saturated heterocycles. The summed E-state index contributed by atoms with van der Waals surface area (Å²) in [5, 5.41) is 0.514. The lowest BCUT2D eigenvalue weighted by Crippen LogP contribution is -2.26. The highest BCUT2D eigenvalue weighted by atomic mass is 32.1. The molecule has 2 rings (SSSR count). The van der Waals surface area contributed by atoms with Crippen LogP contribution in [-0.4, -0.2) is 39.9 Å². The number of carbonyl (C=O) groups is 1. The molecule has 82 valence electrons. The Hall–Kier alpha value is -1.75. The molecule has 0 radical (unpaired) electrons. The third-order valence-corrected chi connectivity index (χ3v) is 2.99. The minimum Gasteiger partial charge on any atom is -0.317 e. The van der Waals surface area contributed by atoms with Gasteiger partial charge < -0.3 is 4.90 Å². The maximum absolute atomic E-state index is 11.8. The summed E-state index contributed by atoms with van der Waals surface area (Å²) >= 11 is 5.11. The van der Waals surface area contributed by atoms with Gasteiger partial charge in [0.25, 0.3) is 5.91 Å². The summed E-state index contributed by atoms with van der Waals surface area (Å²) in [5.74, 6) is -0.0867. The predicted octanol–water partition coefficient (Wildman–Crippen LogP) is 1.11. The third-order valence-electron chi connectivity index (χ3n) is 2.45. The second kappa shape index (κ2) is 4.02. The largest absolute Gasteiger partial charge is 0.317 e. The van der Waals surface area contributed by atoms with Crippen LogP contribution in [0.3, 0.4) is 0 Å². The van der Waals surface area contributed by atoms with Crippen LogP contribution in [-0.2, 0) is 4.79 Å². The number of nitrogens with zero attached hydrogens (tertiary/aromatic N) is 3. The first-order chi connectivity index (χ1) is 7.61. The fourth-order valence-electron chi connectivity index (χ4n) is 1.51. The van der Waals surface area contributed by atoms with Crippen LogP contribution in [0, 0.1) is 0 Å². The molecule has 4 nitrogen and oxygen atoms in total. The number of hydrogen-bond donors (Lipinski definition) is 0. The van der Waals surface area contributed by atoms with Gasteiger partial charge in [0.2, 0.25) is 0 Å². The maximum atomic E-state index is 11.8. The summed E-state index contributed by atoms with van der Waals surface area (Å²) in [4.78, 5) is 19.0. The number of amides is 1. The zero-order valence-corrected chi connectivity index (χ0v) is 9.86. The zero-order chi connectivity index (χ0) is 11.7. The summed E-state index contributed by atoms with van der Waals surface area (Å²) in [7, 11) is 3.46. The molecular formula is C11H11N3OS. The molecule has 0 N–H and O–H groups in total. The number of carbonyl (C=O) groups excluding carboxylic acids is 1. The number of thiocarbonyl (C=S) groups is 1. The molecule has 0 atom stereocenters. The Labute approximate surface area is 99.2 Å². The Bertz CT molecular complexity index is 469. The standard InChI is InChI=1S/C11H11N3OS/c1-13-9(10(15)14(2)11(13)16)6-8-4-3-5-12-7-8/h3-7H,1-2H3/b9-6+. The highest BCUT2D eigenvalue weighted by Crippen LogP contribution is 2.19. The van der Waals surface area contributed by atoms with E-state index in [1.165, 1.54) is 4.90 Å². The van der Waals surface area contributed by atoms with E-state index in [4.69, 9.17) is 12.2 Å². The van der Waals surface area contributed by atoms with Crippen LogP contribution in [0.5, 0.6) is 0 Å². The van der Waals surface area contributed by atoms with Gasteiger partial charge in [-0.3, -0.25) is 14.7 Å². The number of rotatable bonds is 1. The molecule has 0 aromatic carbocycles. The molecule has 2 heterocycles. The first kappa shape index (κ1) is 10.8. The number of hydrogen-bond acceptors (Lipinski definition) is 3. The van der Waals surface area contributed by atoms with Gasteiger partial charge in [-0.2, -0.15) is 0 Å². The second-order valence-corrected chi connectivity index (χ2v) is 3.89. The molecule has 0 spiro atoms. The van der Waals surface area contributed by atoms with E-state index in [2.05, 4.69) is 4.98 Å². The van der Waals surface area contributed by atoms with Gasteiger partial charge in [0, 0.05) is 26.5 Å². The van der Waals surface area contributed by atoms with E-state index in [9.17, 15) is 4.79 Å². The topological polar surface area (TPSA) is 36.4 Å². The summed E-state index contributed by atoms with van der Waals surface area (Å²) in [6.45, 7) is 0. The van der Waals surface area contributed by atoms with Gasteiger partial charge in [-0.05, 0) is 29.9 Å². The van der Waals surface area contributed by atoms with Crippen molar-refractivity contribution in [3.05, 3.63) is 35.8 Å². The molecule has 0 aliphatic carbocycles. The number of likely N-dealkylation sites (N-methyl/N-ethyl adjacent to an activating group) is 2. The van der Waals surface area contributed by atoms with E-state index in [1.807, 2.05) is 12.1 Å². The van der Waals surface area contributed by atoms with Crippen molar-refractivity contribution in [2.75, 3.05) is 14.1 Å². The number of aromatic nitrogens is 1. The minimum absolute atomic E-state index is 0.0867. The van der Waals surface area contributed by atoms with Crippen LogP contribution >= 0.6 is 12.2 Å².